The van der Waals surface area contributed by atoms with Crippen LogP contribution in [-0.2, 0) is 4.74 Å². The van der Waals surface area contributed by atoms with Gasteiger partial charge in [0.2, 0.25) is 0 Å². The molecular weight excluding hydrogens is 266 g/mol. The van der Waals surface area contributed by atoms with Gasteiger partial charge in [-0.25, -0.2) is 4.79 Å². The van der Waals surface area contributed by atoms with Gasteiger partial charge in [0.1, 0.15) is 5.60 Å². The van der Waals surface area contributed by atoms with Gasteiger partial charge in [0, 0.05) is 24.6 Å². The van der Waals surface area contributed by atoms with E-state index >= 15 is 0 Å². The van der Waals surface area contributed by atoms with E-state index in [1.807, 2.05) is 45.0 Å². The van der Waals surface area contributed by atoms with Crippen LogP contribution in [0.2, 0.25) is 0 Å². The lowest BCUT2D eigenvalue weighted by Crippen LogP contribution is -2.35. The Morgan fingerprint density at radius 1 is 1.24 bits per heavy atom. The minimum absolute atomic E-state index is 0.0707. The number of carbonyl (C=O) groups excluding carboxylic acids is 2. The molecule has 1 amide bonds. The van der Waals surface area contributed by atoms with Gasteiger partial charge in [-0.3, -0.25) is 4.79 Å². The number of hydrogen-bond acceptors (Lipinski definition) is 3. The molecule has 0 saturated carbocycles. The molecular formula is C17H23NO3. The molecule has 4 heteroatoms. The molecule has 0 aromatic heterocycles. The van der Waals surface area contributed by atoms with Crippen LogP contribution in [0.15, 0.2) is 24.3 Å². The highest BCUT2D eigenvalue weighted by Gasteiger charge is 2.31. The molecule has 1 aromatic rings. The highest BCUT2D eigenvalue weighted by molar-refractivity contribution is 5.95. The lowest BCUT2D eigenvalue weighted by Gasteiger charge is -2.24. The normalized spacial score (nSPS) is 18.7. The summed E-state index contributed by atoms with van der Waals surface area (Å²) in [7, 11) is 0. The molecule has 1 heterocycles. The van der Waals surface area contributed by atoms with Crippen molar-refractivity contribution in [3.05, 3.63) is 35.4 Å². The third-order valence-electron chi connectivity index (χ3n) is 3.62. The number of ether oxygens (including phenoxy) is 1. The highest BCUT2D eigenvalue weighted by atomic mass is 16.6. The summed E-state index contributed by atoms with van der Waals surface area (Å²) in [6, 6.07) is 7.66. The quantitative estimate of drug-likeness (QED) is 0.781. The van der Waals surface area contributed by atoms with Gasteiger partial charge >= 0.3 is 6.09 Å². The predicted octanol–water partition coefficient (Wildman–Crippen LogP) is 3.61. The number of carbonyl (C=O) groups is 2. The van der Waals surface area contributed by atoms with Gasteiger partial charge in [-0.05, 0) is 39.7 Å². The summed E-state index contributed by atoms with van der Waals surface area (Å²) in [5, 5.41) is 0. The number of likely N-dealkylation sites (tertiary alicyclic amines) is 1. The molecule has 21 heavy (non-hydrogen) atoms. The second-order valence-corrected chi connectivity index (χ2v) is 6.56. The Balaban J connectivity index is 2.10. The van der Waals surface area contributed by atoms with Crippen LogP contribution >= 0.6 is 0 Å². The minimum atomic E-state index is -0.480. The molecule has 1 fully saturated rings. The monoisotopic (exact) mass is 289 g/mol. The van der Waals surface area contributed by atoms with E-state index in [1.165, 1.54) is 0 Å². The molecule has 2 rings (SSSR count). The Morgan fingerprint density at radius 2 is 1.90 bits per heavy atom. The lowest BCUT2D eigenvalue weighted by atomic mass is 9.92. The zero-order valence-electron chi connectivity index (χ0n) is 13.2. The van der Waals surface area contributed by atoms with Crippen molar-refractivity contribution < 1.29 is 14.3 Å². The fraction of sp³-hybridized carbons (Fsp3) is 0.529. The molecule has 4 nitrogen and oxygen atoms in total. The maximum Gasteiger partial charge on any atom is 0.410 e. The summed E-state index contributed by atoms with van der Waals surface area (Å²) < 4.78 is 5.40. The van der Waals surface area contributed by atoms with Gasteiger partial charge in [-0.15, -0.1) is 0 Å². The molecule has 1 unspecified atom stereocenters. The summed E-state index contributed by atoms with van der Waals surface area (Å²) in [5.41, 5.74) is 1.32. The second-order valence-electron chi connectivity index (χ2n) is 6.56. The summed E-state index contributed by atoms with van der Waals surface area (Å²) >= 11 is 0. The first-order chi connectivity index (χ1) is 9.78. The molecule has 1 aromatic carbocycles. The van der Waals surface area contributed by atoms with Crippen molar-refractivity contribution in [1.29, 1.82) is 0 Å². The van der Waals surface area contributed by atoms with Crippen molar-refractivity contribution in [2.24, 2.45) is 0 Å². The van der Waals surface area contributed by atoms with E-state index in [0.29, 0.717) is 13.1 Å². The van der Waals surface area contributed by atoms with Gasteiger partial charge in [-0.1, -0.05) is 24.3 Å². The number of amides is 1. The van der Waals surface area contributed by atoms with Crippen LogP contribution in [0.4, 0.5) is 4.79 Å². The number of hydrogen-bond donors (Lipinski definition) is 0. The SMILES string of the molecule is CC(=O)c1ccccc1C1CCN(C(=O)OC(C)(C)C)C1. The molecule has 1 aliphatic heterocycles. The molecule has 0 N–H and O–H groups in total. The Hall–Kier alpha value is -1.84. The number of ketones is 1. The van der Waals surface area contributed by atoms with Gasteiger partial charge < -0.3 is 9.64 Å². The van der Waals surface area contributed by atoms with Crippen LogP contribution in [0.3, 0.4) is 0 Å². The molecule has 1 aliphatic rings. The standard InChI is InChI=1S/C17H23NO3/c1-12(19)14-7-5-6-8-15(14)13-9-10-18(11-13)16(20)21-17(2,3)4/h5-8,13H,9-11H2,1-4H3. The smallest absolute Gasteiger partial charge is 0.410 e. The van der Waals surface area contributed by atoms with E-state index in [-0.39, 0.29) is 17.8 Å². The summed E-state index contributed by atoms with van der Waals surface area (Å²) in [5.74, 6) is 0.277. The van der Waals surface area contributed by atoms with E-state index in [1.54, 1.807) is 11.8 Å². The second kappa shape index (κ2) is 5.88. The number of nitrogens with zero attached hydrogens (tertiary/aromatic N) is 1. The molecule has 0 spiro atoms. The topological polar surface area (TPSA) is 46.6 Å². The van der Waals surface area contributed by atoms with Gasteiger partial charge in [0.25, 0.3) is 0 Å². The first-order valence-electron chi connectivity index (χ1n) is 7.36. The number of Topliss-reactive ketones (excluding diaryl/α,β-unsaturated/α-hetero) is 1. The van der Waals surface area contributed by atoms with Crippen molar-refractivity contribution in [3.8, 4) is 0 Å². The Labute approximate surface area is 126 Å². The largest absolute Gasteiger partial charge is 0.444 e. The third kappa shape index (κ3) is 3.84. The average molecular weight is 289 g/mol. The van der Waals surface area contributed by atoms with E-state index in [2.05, 4.69) is 0 Å². The molecule has 0 radical (unpaired) electrons. The summed E-state index contributed by atoms with van der Waals surface area (Å²) in [4.78, 5) is 25.5. The van der Waals surface area contributed by atoms with E-state index in [4.69, 9.17) is 4.74 Å². The molecule has 1 atom stereocenters. The van der Waals surface area contributed by atoms with Gasteiger partial charge in [-0.2, -0.15) is 0 Å². The van der Waals surface area contributed by atoms with Crippen LogP contribution in [0.1, 0.15) is 56.0 Å². The van der Waals surface area contributed by atoms with Crippen LogP contribution in [0.25, 0.3) is 0 Å². The first-order valence-corrected chi connectivity index (χ1v) is 7.36. The lowest BCUT2D eigenvalue weighted by molar-refractivity contribution is 0.0292. The Morgan fingerprint density at radius 3 is 2.52 bits per heavy atom. The van der Waals surface area contributed by atoms with Crippen molar-refractivity contribution in [2.45, 2.75) is 45.6 Å². The van der Waals surface area contributed by atoms with E-state index in [0.717, 1.165) is 17.5 Å². The van der Waals surface area contributed by atoms with Crippen molar-refractivity contribution in [2.75, 3.05) is 13.1 Å². The molecule has 114 valence electrons. The molecule has 0 aliphatic carbocycles. The van der Waals surface area contributed by atoms with Crippen LogP contribution in [0, 0.1) is 0 Å². The third-order valence-corrected chi connectivity index (χ3v) is 3.62. The van der Waals surface area contributed by atoms with Crippen molar-refractivity contribution in [3.63, 3.8) is 0 Å². The van der Waals surface area contributed by atoms with E-state index in [9.17, 15) is 9.59 Å². The van der Waals surface area contributed by atoms with Gasteiger partial charge in [0.15, 0.2) is 5.78 Å². The fourth-order valence-electron chi connectivity index (χ4n) is 2.68. The zero-order valence-corrected chi connectivity index (χ0v) is 13.2. The van der Waals surface area contributed by atoms with Crippen LogP contribution < -0.4 is 0 Å². The summed E-state index contributed by atoms with van der Waals surface area (Å²) in [6.45, 7) is 8.46. The van der Waals surface area contributed by atoms with Crippen molar-refractivity contribution in [1.82, 2.24) is 4.90 Å². The Kier molecular flexibility index (Phi) is 4.35. The Bertz CT molecular complexity index is 545. The zero-order chi connectivity index (χ0) is 15.6. The minimum Gasteiger partial charge on any atom is -0.444 e. The van der Waals surface area contributed by atoms with Crippen LogP contribution in [-0.4, -0.2) is 35.5 Å². The van der Waals surface area contributed by atoms with Crippen LogP contribution in [0.5, 0.6) is 0 Å². The maximum absolute atomic E-state index is 12.1. The maximum atomic E-state index is 12.1. The molecule has 0 bridgehead atoms. The summed E-state index contributed by atoms with van der Waals surface area (Å²) in [6.07, 6.45) is 0.592. The number of rotatable bonds is 2. The van der Waals surface area contributed by atoms with E-state index < -0.39 is 5.60 Å². The first kappa shape index (κ1) is 15.5. The van der Waals surface area contributed by atoms with Crippen molar-refractivity contribution >= 4 is 11.9 Å². The predicted molar refractivity (Wildman–Crippen MR) is 81.6 cm³/mol. The highest BCUT2D eigenvalue weighted by Crippen LogP contribution is 2.30. The molecule has 1 saturated heterocycles. The fourth-order valence-corrected chi connectivity index (χ4v) is 2.68. The number of benzene rings is 1. The van der Waals surface area contributed by atoms with Gasteiger partial charge in [0.05, 0.1) is 0 Å². The average Bonchev–Trinajstić information content (AvgIpc) is 2.86.